The van der Waals surface area contributed by atoms with Crippen molar-refractivity contribution in [2.45, 2.75) is 25.4 Å². The molecule has 1 atom stereocenters. The minimum Gasteiger partial charge on any atom is -0.367 e. The van der Waals surface area contributed by atoms with E-state index in [1.165, 1.54) is 0 Å². The summed E-state index contributed by atoms with van der Waals surface area (Å²) < 4.78 is 5.59. The Kier molecular flexibility index (Phi) is 2.29. The molecule has 0 N–H and O–H groups in total. The normalized spacial score (nSPS) is 26.4. The van der Waals surface area contributed by atoms with Crippen molar-refractivity contribution in [1.29, 1.82) is 0 Å². The predicted molar refractivity (Wildman–Crippen MR) is 50.0 cm³/mol. The van der Waals surface area contributed by atoms with Crippen molar-refractivity contribution in [2.75, 3.05) is 6.61 Å². The first kappa shape index (κ1) is 9.27. The molecule has 0 radical (unpaired) electrons. The molecule has 1 saturated heterocycles. The van der Waals surface area contributed by atoms with Crippen LogP contribution in [0.15, 0.2) is 12.3 Å². The number of ether oxygens (including phenoxy) is 1. The molecule has 0 aliphatic carbocycles. The maximum absolute atomic E-state index is 10.5. The van der Waals surface area contributed by atoms with Gasteiger partial charge in [-0.05, 0) is 25.8 Å². The summed E-state index contributed by atoms with van der Waals surface area (Å²) in [6.45, 7) is 2.70. The molecular weight excluding hydrogens is 180 g/mol. The van der Waals surface area contributed by atoms with E-state index in [1.807, 2.05) is 6.92 Å². The largest absolute Gasteiger partial charge is 0.367 e. The first-order valence-electron chi connectivity index (χ1n) is 4.67. The van der Waals surface area contributed by atoms with Gasteiger partial charge in [-0.15, -0.1) is 0 Å². The third kappa shape index (κ3) is 1.53. The lowest BCUT2D eigenvalue weighted by Crippen LogP contribution is -2.23. The molecule has 2 heterocycles. The number of hydrogen-bond acceptors (Lipinski definition) is 4. The summed E-state index contributed by atoms with van der Waals surface area (Å²) in [5.41, 5.74) is 0.00525. The molecule has 1 unspecified atom stereocenters. The minimum absolute atomic E-state index is 0.404. The van der Waals surface area contributed by atoms with Crippen LogP contribution in [0.4, 0.5) is 0 Å². The second-order valence-electron chi connectivity index (χ2n) is 3.61. The van der Waals surface area contributed by atoms with E-state index in [4.69, 9.17) is 4.74 Å². The molecule has 1 fully saturated rings. The smallest absolute Gasteiger partial charge is 0.168 e. The Morgan fingerprint density at radius 1 is 1.64 bits per heavy atom. The SMILES string of the molecule is CC1(c2nccc(C=O)n2)CCCO1. The first-order chi connectivity index (χ1) is 6.74. The van der Waals surface area contributed by atoms with E-state index < -0.39 is 5.60 Å². The number of hydrogen-bond donors (Lipinski definition) is 0. The lowest BCUT2D eigenvalue weighted by atomic mass is 10.0. The van der Waals surface area contributed by atoms with E-state index in [0.717, 1.165) is 25.7 Å². The second kappa shape index (κ2) is 3.46. The Morgan fingerprint density at radius 3 is 3.14 bits per heavy atom. The monoisotopic (exact) mass is 192 g/mol. The van der Waals surface area contributed by atoms with Gasteiger partial charge in [0.25, 0.3) is 0 Å². The van der Waals surface area contributed by atoms with Gasteiger partial charge >= 0.3 is 0 Å². The van der Waals surface area contributed by atoms with Crippen molar-refractivity contribution < 1.29 is 9.53 Å². The number of carbonyl (C=O) groups excluding carboxylic acids is 1. The molecule has 2 rings (SSSR count). The van der Waals surface area contributed by atoms with E-state index in [2.05, 4.69) is 9.97 Å². The van der Waals surface area contributed by atoms with Gasteiger partial charge in [0.1, 0.15) is 11.3 Å². The van der Waals surface area contributed by atoms with Crippen LogP contribution in [0.1, 0.15) is 36.1 Å². The van der Waals surface area contributed by atoms with Gasteiger partial charge < -0.3 is 4.74 Å². The molecule has 0 aromatic carbocycles. The molecule has 1 aromatic heterocycles. The third-order valence-electron chi connectivity index (χ3n) is 2.49. The fourth-order valence-corrected chi connectivity index (χ4v) is 1.65. The molecule has 0 bridgehead atoms. The van der Waals surface area contributed by atoms with E-state index in [0.29, 0.717) is 11.5 Å². The molecular formula is C10H12N2O2. The summed E-state index contributed by atoms with van der Waals surface area (Å²) in [5.74, 6) is 0.611. The van der Waals surface area contributed by atoms with E-state index in [-0.39, 0.29) is 0 Å². The number of carbonyl (C=O) groups is 1. The molecule has 1 aliphatic heterocycles. The van der Waals surface area contributed by atoms with Crippen molar-refractivity contribution in [3.63, 3.8) is 0 Å². The molecule has 0 spiro atoms. The second-order valence-corrected chi connectivity index (χ2v) is 3.61. The summed E-state index contributed by atoms with van der Waals surface area (Å²) >= 11 is 0. The standard InChI is InChI=1S/C10H12N2O2/c1-10(4-2-6-14-10)9-11-5-3-8(7-13)12-9/h3,5,7H,2,4,6H2,1H3. The van der Waals surface area contributed by atoms with E-state index in [9.17, 15) is 4.79 Å². The Labute approximate surface area is 82.3 Å². The van der Waals surface area contributed by atoms with Crippen LogP contribution in [0.5, 0.6) is 0 Å². The van der Waals surface area contributed by atoms with Gasteiger partial charge in [-0.2, -0.15) is 0 Å². The van der Waals surface area contributed by atoms with Gasteiger partial charge in [-0.25, -0.2) is 9.97 Å². The molecule has 74 valence electrons. The minimum atomic E-state index is -0.404. The number of aldehydes is 1. The third-order valence-corrected chi connectivity index (χ3v) is 2.49. The molecule has 0 amide bonds. The van der Waals surface area contributed by atoms with Crippen molar-refractivity contribution in [2.24, 2.45) is 0 Å². The molecule has 0 saturated carbocycles. The van der Waals surface area contributed by atoms with Gasteiger partial charge in [0.15, 0.2) is 12.1 Å². The van der Waals surface area contributed by atoms with Crippen LogP contribution in [0.2, 0.25) is 0 Å². The average Bonchev–Trinajstić information content (AvgIpc) is 2.67. The van der Waals surface area contributed by atoms with Crippen molar-refractivity contribution >= 4 is 6.29 Å². The van der Waals surface area contributed by atoms with Crippen molar-refractivity contribution in [3.8, 4) is 0 Å². The highest BCUT2D eigenvalue weighted by molar-refractivity contribution is 5.71. The number of rotatable bonds is 2. The lowest BCUT2D eigenvalue weighted by Gasteiger charge is -2.20. The van der Waals surface area contributed by atoms with Crippen LogP contribution in [0.25, 0.3) is 0 Å². The summed E-state index contributed by atoms with van der Waals surface area (Å²) in [6.07, 6.45) is 4.25. The molecule has 1 aromatic rings. The van der Waals surface area contributed by atoms with Crippen LogP contribution >= 0.6 is 0 Å². The van der Waals surface area contributed by atoms with Gasteiger partial charge in [0, 0.05) is 12.8 Å². The zero-order valence-corrected chi connectivity index (χ0v) is 8.06. The zero-order chi connectivity index (χ0) is 10.0. The Balaban J connectivity index is 2.35. The van der Waals surface area contributed by atoms with Gasteiger partial charge in [0.2, 0.25) is 0 Å². The fourth-order valence-electron chi connectivity index (χ4n) is 1.65. The fraction of sp³-hybridized carbons (Fsp3) is 0.500. The highest BCUT2D eigenvalue weighted by Gasteiger charge is 2.34. The molecule has 14 heavy (non-hydrogen) atoms. The maximum Gasteiger partial charge on any atom is 0.168 e. The zero-order valence-electron chi connectivity index (χ0n) is 8.06. The topological polar surface area (TPSA) is 52.1 Å². The Hall–Kier alpha value is -1.29. The van der Waals surface area contributed by atoms with Crippen LogP contribution < -0.4 is 0 Å². The lowest BCUT2D eigenvalue weighted by molar-refractivity contribution is 0.00923. The highest BCUT2D eigenvalue weighted by atomic mass is 16.5. The Bertz CT molecular complexity index is 346. The molecule has 4 nitrogen and oxygen atoms in total. The summed E-state index contributed by atoms with van der Waals surface area (Å²) in [4.78, 5) is 18.8. The summed E-state index contributed by atoms with van der Waals surface area (Å²) in [5, 5.41) is 0. The van der Waals surface area contributed by atoms with E-state index in [1.54, 1.807) is 12.3 Å². The van der Waals surface area contributed by atoms with Gasteiger partial charge in [-0.3, -0.25) is 4.79 Å². The van der Waals surface area contributed by atoms with Crippen LogP contribution in [0.3, 0.4) is 0 Å². The summed E-state index contributed by atoms with van der Waals surface area (Å²) in [6, 6.07) is 1.59. The van der Waals surface area contributed by atoms with E-state index >= 15 is 0 Å². The summed E-state index contributed by atoms with van der Waals surface area (Å²) in [7, 11) is 0. The van der Waals surface area contributed by atoms with Gasteiger partial charge in [-0.1, -0.05) is 0 Å². The molecule has 4 heteroatoms. The molecule has 1 aliphatic rings. The van der Waals surface area contributed by atoms with Crippen LogP contribution in [0, 0.1) is 0 Å². The quantitative estimate of drug-likeness (QED) is 0.663. The van der Waals surface area contributed by atoms with Crippen molar-refractivity contribution in [1.82, 2.24) is 9.97 Å². The number of aromatic nitrogens is 2. The highest BCUT2D eigenvalue weighted by Crippen LogP contribution is 2.32. The first-order valence-corrected chi connectivity index (χ1v) is 4.67. The predicted octanol–water partition coefficient (Wildman–Crippen LogP) is 1.31. The average molecular weight is 192 g/mol. The maximum atomic E-state index is 10.5. The number of nitrogens with zero attached hydrogens (tertiary/aromatic N) is 2. The Morgan fingerprint density at radius 2 is 2.50 bits per heavy atom. The van der Waals surface area contributed by atoms with Crippen LogP contribution in [-0.2, 0) is 10.3 Å². The van der Waals surface area contributed by atoms with Crippen LogP contribution in [-0.4, -0.2) is 22.9 Å². The van der Waals surface area contributed by atoms with Crippen molar-refractivity contribution in [3.05, 3.63) is 23.8 Å². The van der Waals surface area contributed by atoms with Gasteiger partial charge in [0.05, 0.1) is 0 Å².